The van der Waals surface area contributed by atoms with E-state index < -0.39 is 34.1 Å². The maximum atomic E-state index is 13.1. The maximum Gasteiger partial charge on any atom is 0.433 e. The van der Waals surface area contributed by atoms with Crippen LogP contribution in [0.5, 0.6) is 0 Å². The van der Waals surface area contributed by atoms with Gasteiger partial charge in [0.2, 0.25) is 5.95 Å². The minimum absolute atomic E-state index is 0.0679. The fourth-order valence-corrected chi connectivity index (χ4v) is 2.50. The lowest BCUT2D eigenvalue weighted by atomic mass is 10.2. The summed E-state index contributed by atoms with van der Waals surface area (Å²) < 4.78 is 53.3. The number of nitrogens with zero attached hydrogens (tertiary/aromatic N) is 3. The maximum absolute atomic E-state index is 13.1. The average Bonchev–Trinajstić information content (AvgIpc) is 2.65. The van der Waals surface area contributed by atoms with Gasteiger partial charge in [0.25, 0.3) is 11.2 Å². The van der Waals surface area contributed by atoms with Crippen molar-refractivity contribution in [3.8, 4) is 0 Å². The van der Waals surface area contributed by atoms with Gasteiger partial charge in [-0.2, -0.15) is 13.2 Å². The monoisotopic (exact) mass is 408 g/mol. The molecule has 0 unspecified atom stereocenters. The second-order valence-electron chi connectivity index (χ2n) is 5.95. The molecule has 1 N–H and O–H groups in total. The van der Waals surface area contributed by atoms with E-state index in [-0.39, 0.29) is 17.9 Å². The molecule has 0 aliphatic carbocycles. The van der Waals surface area contributed by atoms with Gasteiger partial charge in [-0.1, -0.05) is 18.2 Å². The van der Waals surface area contributed by atoms with Crippen LogP contribution in [0.2, 0.25) is 0 Å². The molecule has 2 aromatic carbocycles. The largest absolute Gasteiger partial charge is 0.433 e. The molecule has 0 saturated heterocycles. The number of benzene rings is 2. The highest BCUT2D eigenvalue weighted by Gasteiger charge is 2.34. The molecule has 3 rings (SSSR count). The highest BCUT2D eigenvalue weighted by molar-refractivity contribution is 5.58. The summed E-state index contributed by atoms with van der Waals surface area (Å²) in [5.74, 6) is -0.976. The zero-order chi connectivity index (χ0) is 21.2. The SMILES string of the molecule is O=c1cc(C(F)(F)F)nc(Nc2cccc([N+](=O)[O-])c2)n1Cc1ccc(F)cc1. The summed E-state index contributed by atoms with van der Waals surface area (Å²) >= 11 is 0. The van der Waals surface area contributed by atoms with Crippen LogP contribution in [0.15, 0.2) is 59.4 Å². The van der Waals surface area contributed by atoms with Gasteiger partial charge in [-0.05, 0) is 23.8 Å². The molecule has 0 spiro atoms. The van der Waals surface area contributed by atoms with Crippen LogP contribution in [0.25, 0.3) is 0 Å². The van der Waals surface area contributed by atoms with Gasteiger partial charge in [0.05, 0.1) is 11.5 Å². The van der Waals surface area contributed by atoms with E-state index in [1.165, 1.54) is 30.3 Å². The number of hydrogen-bond donors (Lipinski definition) is 1. The van der Waals surface area contributed by atoms with Gasteiger partial charge in [0, 0.05) is 23.9 Å². The van der Waals surface area contributed by atoms with Crippen molar-refractivity contribution < 1.29 is 22.5 Å². The number of alkyl halides is 3. The zero-order valence-corrected chi connectivity index (χ0v) is 14.5. The van der Waals surface area contributed by atoms with E-state index in [1.807, 2.05) is 0 Å². The van der Waals surface area contributed by atoms with E-state index >= 15 is 0 Å². The first kappa shape index (κ1) is 20.0. The Labute approximate surface area is 160 Å². The smallest absolute Gasteiger partial charge is 0.325 e. The van der Waals surface area contributed by atoms with Crippen molar-refractivity contribution in [1.29, 1.82) is 0 Å². The number of rotatable bonds is 5. The van der Waals surface area contributed by atoms with Crippen molar-refractivity contribution in [3.63, 3.8) is 0 Å². The molecule has 150 valence electrons. The molecule has 11 heteroatoms. The van der Waals surface area contributed by atoms with Crippen molar-refractivity contribution in [2.24, 2.45) is 0 Å². The van der Waals surface area contributed by atoms with Crippen molar-refractivity contribution in [3.05, 3.63) is 92.1 Å². The number of hydrogen-bond acceptors (Lipinski definition) is 5. The van der Waals surface area contributed by atoms with E-state index in [1.54, 1.807) is 0 Å². The van der Waals surface area contributed by atoms with Crippen LogP contribution in [0.3, 0.4) is 0 Å². The molecule has 1 aromatic heterocycles. The number of nitrogens with one attached hydrogen (secondary N) is 1. The molecule has 0 aliphatic heterocycles. The summed E-state index contributed by atoms with van der Waals surface area (Å²) in [6.07, 6.45) is -4.87. The Balaban J connectivity index is 2.07. The molecule has 0 amide bonds. The van der Waals surface area contributed by atoms with Crippen LogP contribution in [0, 0.1) is 15.9 Å². The zero-order valence-electron chi connectivity index (χ0n) is 14.5. The van der Waals surface area contributed by atoms with Gasteiger partial charge >= 0.3 is 6.18 Å². The number of nitro groups is 1. The van der Waals surface area contributed by atoms with Gasteiger partial charge in [0.1, 0.15) is 5.82 Å². The van der Waals surface area contributed by atoms with Gasteiger partial charge in [-0.25, -0.2) is 9.37 Å². The Morgan fingerprint density at radius 1 is 1.10 bits per heavy atom. The van der Waals surface area contributed by atoms with Crippen LogP contribution in [0.1, 0.15) is 11.3 Å². The third-order valence-electron chi connectivity index (χ3n) is 3.87. The molecule has 0 saturated carbocycles. The first-order valence-corrected chi connectivity index (χ1v) is 8.08. The fraction of sp³-hybridized carbons (Fsp3) is 0.111. The van der Waals surface area contributed by atoms with Gasteiger partial charge in [-0.3, -0.25) is 19.5 Å². The number of nitro benzene ring substituents is 1. The van der Waals surface area contributed by atoms with Crippen LogP contribution >= 0.6 is 0 Å². The van der Waals surface area contributed by atoms with Crippen LogP contribution < -0.4 is 10.9 Å². The van der Waals surface area contributed by atoms with Crippen LogP contribution in [0.4, 0.5) is 34.9 Å². The third kappa shape index (κ3) is 4.75. The van der Waals surface area contributed by atoms with Crippen molar-refractivity contribution in [2.75, 3.05) is 5.32 Å². The topological polar surface area (TPSA) is 90.1 Å². The standard InChI is InChI=1S/C18H12F4N4O3/c19-12-6-4-11(5-7-12)10-25-16(27)9-15(18(20,21)22)24-17(25)23-13-2-1-3-14(8-13)26(28)29/h1-9H,10H2,(H,23,24). The molecular formula is C18H12F4N4O3. The van der Waals surface area contributed by atoms with E-state index in [2.05, 4.69) is 10.3 Å². The Morgan fingerprint density at radius 2 is 1.79 bits per heavy atom. The summed E-state index contributed by atoms with van der Waals surface area (Å²) in [6.45, 7) is -0.193. The quantitative estimate of drug-likeness (QED) is 0.390. The molecule has 29 heavy (non-hydrogen) atoms. The predicted octanol–water partition coefficient (Wildman–Crippen LogP) is 4.10. The lowest BCUT2D eigenvalue weighted by Crippen LogP contribution is -2.27. The van der Waals surface area contributed by atoms with Crippen molar-refractivity contribution >= 4 is 17.3 Å². The predicted molar refractivity (Wildman–Crippen MR) is 95.4 cm³/mol. The number of non-ortho nitro benzene ring substituents is 1. The summed E-state index contributed by atoms with van der Waals surface area (Å²) in [6, 6.07) is 10.4. The van der Waals surface area contributed by atoms with Crippen LogP contribution in [-0.4, -0.2) is 14.5 Å². The highest BCUT2D eigenvalue weighted by atomic mass is 19.4. The van der Waals surface area contributed by atoms with Gasteiger partial charge in [-0.15, -0.1) is 0 Å². The van der Waals surface area contributed by atoms with E-state index in [0.29, 0.717) is 11.6 Å². The second kappa shape index (κ2) is 7.70. The number of anilines is 2. The molecule has 0 aliphatic rings. The summed E-state index contributed by atoms with van der Waals surface area (Å²) in [5.41, 5.74) is -2.19. The van der Waals surface area contributed by atoms with Crippen molar-refractivity contribution in [1.82, 2.24) is 9.55 Å². The van der Waals surface area contributed by atoms with E-state index in [9.17, 15) is 32.5 Å². The Bertz CT molecular complexity index is 1110. The molecule has 0 fully saturated rings. The van der Waals surface area contributed by atoms with Crippen LogP contribution in [-0.2, 0) is 12.7 Å². The Hall–Kier alpha value is -3.76. The molecular weight excluding hydrogens is 396 g/mol. The number of halogens is 4. The highest BCUT2D eigenvalue weighted by Crippen LogP contribution is 2.28. The van der Waals surface area contributed by atoms with Gasteiger partial charge < -0.3 is 5.32 Å². The minimum atomic E-state index is -4.87. The number of aromatic nitrogens is 2. The Kier molecular flexibility index (Phi) is 5.31. The average molecular weight is 408 g/mol. The van der Waals surface area contributed by atoms with Gasteiger partial charge in [0.15, 0.2) is 5.69 Å². The Morgan fingerprint density at radius 3 is 2.41 bits per heavy atom. The van der Waals surface area contributed by atoms with E-state index in [4.69, 9.17) is 0 Å². The van der Waals surface area contributed by atoms with Crippen molar-refractivity contribution in [2.45, 2.75) is 12.7 Å². The second-order valence-corrected chi connectivity index (χ2v) is 5.95. The first-order chi connectivity index (χ1) is 13.6. The lowest BCUT2D eigenvalue weighted by Gasteiger charge is -2.16. The fourth-order valence-electron chi connectivity index (χ4n) is 2.50. The summed E-state index contributed by atoms with van der Waals surface area (Å²) in [5, 5.41) is 13.4. The molecule has 0 bridgehead atoms. The third-order valence-corrected chi connectivity index (χ3v) is 3.87. The molecule has 0 radical (unpaired) electrons. The molecule has 3 aromatic rings. The normalized spacial score (nSPS) is 11.3. The summed E-state index contributed by atoms with van der Waals surface area (Å²) in [7, 11) is 0. The molecule has 7 nitrogen and oxygen atoms in total. The lowest BCUT2D eigenvalue weighted by molar-refractivity contribution is -0.384. The van der Waals surface area contributed by atoms with E-state index in [0.717, 1.165) is 22.8 Å². The molecule has 1 heterocycles. The minimum Gasteiger partial charge on any atom is -0.325 e. The first-order valence-electron chi connectivity index (χ1n) is 8.08. The summed E-state index contributed by atoms with van der Waals surface area (Å²) in [4.78, 5) is 26.1. The molecule has 0 atom stereocenters.